The van der Waals surface area contributed by atoms with Gasteiger partial charge in [-0.15, -0.1) is 0 Å². The minimum absolute atomic E-state index is 0.0159. The van der Waals surface area contributed by atoms with E-state index >= 15 is 0 Å². The summed E-state index contributed by atoms with van der Waals surface area (Å²) in [5.74, 6) is 1.74. The van der Waals surface area contributed by atoms with Gasteiger partial charge in [0.1, 0.15) is 18.1 Å². The molecule has 2 aromatic rings. The van der Waals surface area contributed by atoms with Gasteiger partial charge in [-0.2, -0.15) is 0 Å². The van der Waals surface area contributed by atoms with Gasteiger partial charge in [0.05, 0.1) is 13.2 Å². The first kappa shape index (κ1) is 20.9. The first-order valence-corrected chi connectivity index (χ1v) is 10.1. The van der Waals surface area contributed by atoms with Crippen molar-refractivity contribution in [2.45, 2.75) is 32.7 Å². The summed E-state index contributed by atoms with van der Waals surface area (Å²) in [6.07, 6.45) is 1.52. The van der Waals surface area contributed by atoms with Crippen LogP contribution in [0.5, 0.6) is 11.5 Å². The van der Waals surface area contributed by atoms with Crippen molar-refractivity contribution < 1.29 is 14.3 Å². The summed E-state index contributed by atoms with van der Waals surface area (Å²) < 4.78 is 10.9. The van der Waals surface area contributed by atoms with Gasteiger partial charge in [0, 0.05) is 24.3 Å². The summed E-state index contributed by atoms with van der Waals surface area (Å²) in [4.78, 5) is 13.9. The molecule has 154 valence electrons. The van der Waals surface area contributed by atoms with Crippen molar-refractivity contribution in [2.75, 3.05) is 30.5 Å². The Bertz CT molecular complexity index is 870. The van der Waals surface area contributed by atoms with E-state index in [0.29, 0.717) is 18.1 Å². The van der Waals surface area contributed by atoms with Crippen LogP contribution in [-0.4, -0.2) is 37.3 Å². The summed E-state index contributed by atoms with van der Waals surface area (Å²) in [6.45, 7) is 5.25. The van der Waals surface area contributed by atoms with Crippen molar-refractivity contribution in [1.29, 1.82) is 0 Å². The summed E-state index contributed by atoms with van der Waals surface area (Å²) >= 11 is 5.44. The molecular weight excluding hydrogens is 386 g/mol. The Labute approximate surface area is 177 Å². The van der Waals surface area contributed by atoms with Crippen LogP contribution in [0.4, 0.5) is 11.4 Å². The molecule has 2 N–H and O–H groups in total. The molecule has 7 heteroatoms. The molecular formula is C22H27N3O3S. The predicted octanol–water partition coefficient (Wildman–Crippen LogP) is 3.88. The van der Waals surface area contributed by atoms with Crippen LogP contribution < -0.4 is 25.0 Å². The first-order chi connectivity index (χ1) is 14.0. The maximum atomic E-state index is 12.1. The third kappa shape index (κ3) is 5.60. The number of thiocarbonyl (C=S) groups is 1. The number of rotatable bonds is 7. The Kier molecular flexibility index (Phi) is 6.93. The molecule has 0 radical (unpaired) electrons. The lowest BCUT2D eigenvalue weighted by Crippen LogP contribution is -2.39. The van der Waals surface area contributed by atoms with Gasteiger partial charge in [-0.05, 0) is 74.4 Å². The van der Waals surface area contributed by atoms with E-state index in [1.54, 1.807) is 7.11 Å². The van der Waals surface area contributed by atoms with E-state index < -0.39 is 0 Å². The molecule has 3 rings (SSSR count). The number of aryl methyl sites for hydroxylation is 1. The van der Waals surface area contributed by atoms with E-state index in [9.17, 15) is 4.79 Å². The zero-order chi connectivity index (χ0) is 20.8. The molecule has 0 aliphatic carbocycles. The largest absolute Gasteiger partial charge is 0.497 e. The third-order valence-electron chi connectivity index (χ3n) is 4.77. The number of ether oxygens (including phenoxy) is 2. The van der Waals surface area contributed by atoms with Gasteiger partial charge >= 0.3 is 0 Å². The van der Waals surface area contributed by atoms with Gasteiger partial charge in [0.25, 0.3) is 0 Å². The van der Waals surface area contributed by atoms with E-state index in [-0.39, 0.29) is 11.9 Å². The molecule has 1 fully saturated rings. The van der Waals surface area contributed by atoms with Gasteiger partial charge in [-0.3, -0.25) is 4.79 Å². The Hall–Kier alpha value is -2.80. The molecule has 2 aromatic carbocycles. The maximum Gasteiger partial charge on any atom is 0.227 e. The molecule has 1 aliphatic rings. The number of carbonyl (C=O) groups is 1. The van der Waals surface area contributed by atoms with Crippen molar-refractivity contribution in [1.82, 2.24) is 5.32 Å². The zero-order valence-corrected chi connectivity index (χ0v) is 17.8. The minimum Gasteiger partial charge on any atom is -0.497 e. The smallest absolute Gasteiger partial charge is 0.227 e. The molecule has 1 atom stereocenters. The van der Waals surface area contributed by atoms with Crippen LogP contribution in [0.15, 0.2) is 42.5 Å². The summed E-state index contributed by atoms with van der Waals surface area (Å²) in [5, 5.41) is 6.94. The van der Waals surface area contributed by atoms with Crippen molar-refractivity contribution in [3.63, 3.8) is 0 Å². The molecule has 29 heavy (non-hydrogen) atoms. The fraction of sp³-hybridized carbons (Fsp3) is 0.364. The second kappa shape index (κ2) is 9.60. The van der Waals surface area contributed by atoms with E-state index in [1.807, 2.05) is 61.2 Å². The molecule has 1 amide bonds. The first-order valence-electron chi connectivity index (χ1n) is 9.71. The van der Waals surface area contributed by atoms with Crippen LogP contribution in [-0.2, 0) is 4.79 Å². The Morgan fingerprint density at radius 1 is 1.21 bits per heavy atom. The number of hydrogen-bond acceptors (Lipinski definition) is 4. The normalized spacial score (nSPS) is 14.4. The van der Waals surface area contributed by atoms with Crippen LogP contribution >= 0.6 is 12.2 Å². The summed E-state index contributed by atoms with van der Waals surface area (Å²) in [7, 11) is 1.63. The zero-order valence-electron chi connectivity index (χ0n) is 17.0. The van der Waals surface area contributed by atoms with Gasteiger partial charge in [0.15, 0.2) is 5.11 Å². The Morgan fingerprint density at radius 3 is 2.59 bits per heavy atom. The number of anilines is 2. The van der Waals surface area contributed by atoms with Crippen molar-refractivity contribution in [3.8, 4) is 11.5 Å². The van der Waals surface area contributed by atoms with Crippen LogP contribution in [0, 0.1) is 6.92 Å². The predicted molar refractivity (Wildman–Crippen MR) is 120 cm³/mol. The molecule has 0 bridgehead atoms. The quantitative estimate of drug-likeness (QED) is 0.672. The highest BCUT2D eigenvalue weighted by Crippen LogP contribution is 2.28. The minimum atomic E-state index is 0.0159. The van der Waals surface area contributed by atoms with Gasteiger partial charge in [-0.1, -0.05) is 6.07 Å². The third-order valence-corrected chi connectivity index (χ3v) is 4.99. The second-order valence-electron chi connectivity index (χ2n) is 7.14. The van der Waals surface area contributed by atoms with Crippen molar-refractivity contribution in [3.05, 3.63) is 48.0 Å². The molecule has 1 aliphatic heterocycles. The number of amides is 1. The fourth-order valence-corrected chi connectivity index (χ4v) is 3.53. The molecule has 6 nitrogen and oxygen atoms in total. The maximum absolute atomic E-state index is 12.1. The lowest BCUT2D eigenvalue weighted by atomic mass is 10.1. The summed E-state index contributed by atoms with van der Waals surface area (Å²) in [6, 6.07) is 13.4. The highest BCUT2D eigenvalue weighted by atomic mass is 32.1. The fourth-order valence-electron chi connectivity index (χ4n) is 3.21. The van der Waals surface area contributed by atoms with E-state index in [0.717, 1.165) is 41.4 Å². The molecule has 1 heterocycles. The van der Waals surface area contributed by atoms with Gasteiger partial charge in [-0.25, -0.2) is 0 Å². The molecule has 0 aromatic heterocycles. The lowest BCUT2D eigenvalue weighted by molar-refractivity contribution is -0.117. The van der Waals surface area contributed by atoms with E-state index in [4.69, 9.17) is 21.7 Å². The highest BCUT2D eigenvalue weighted by molar-refractivity contribution is 7.80. The van der Waals surface area contributed by atoms with Crippen molar-refractivity contribution >= 4 is 34.6 Å². The van der Waals surface area contributed by atoms with E-state index in [2.05, 4.69) is 10.6 Å². The molecule has 0 saturated carbocycles. The Morgan fingerprint density at radius 2 is 1.93 bits per heavy atom. The standard InChI is InChI=1S/C22H27N3O3S/c1-15-6-7-17(13-20(15)25-12-4-5-21(25)26)24-22(29)23-16(2)14-28-19-10-8-18(27-3)9-11-19/h6-11,13,16H,4-5,12,14H2,1-3H3,(H2,23,24,29). The number of nitrogens with zero attached hydrogens (tertiary/aromatic N) is 1. The molecule has 1 unspecified atom stereocenters. The summed E-state index contributed by atoms with van der Waals surface area (Å²) in [5.41, 5.74) is 2.87. The number of benzene rings is 2. The molecule has 1 saturated heterocycles. The average Bonchev–Trinajstić information content (AvgIpc) is 3.14. The molecule has 0 spiro atoms. The van der Waals surface area contributed by atoms with E-state index in [1.165, 1.54) is 0 Å². The average molecular weight is 414 g/mol. The van der Waals surface area contributed by atoms with Crippen LogP contribution in [0.25, 0.3) is 0 Å². The van der Waals surface area contributed by atoms with Crippen LogP contribution in [0.2, 0.25) is 0 Å². The monoisotopic (exact) mass is 413 g/mol. The van der Waals surface area contributed by atoms with Crippen LogP contribution in [0.1, 0.15) is 25.3 Å². The second-order valence-corrected chi connectivity index (χ2v) is 7.54. The number of nitrogens with one attached hydrogen (secondary N) is 2. The van der Waals surface area contributed by atoms with Gasteiger partial charge < -0.3 is 25.0 Å². The van der Waals surface area contributed by atoms with Crippen molar-refractivity contribution in [2.24, 2.45) is 0 Å². The Balaban J connectivity index is 1.52. The van der Waals surface area contributed by atoms with Crippen LogP contribution in [0.3, 0.4) is 0 Å². The topological polar surface area (TPSA) is 62.8 Å². The number of carbonyl (C=O) groups excluding carboxylic acids is 1. The van der Waals surface area contributed by atoms with Gasteiger partial charge in [0.2, 0.25) is 5.91 Å². The lowest BCUT2D eigenvalue weighted by Gasteiger charge is -2.21. The number of hydrogen-bond donors (Lipinski definition) is 2. The SMILES string of the molecule is COc1ccc(OCC(C)NC(=S)Nc2ccc(C)c(N3CCCC3=O)c2)cc1. The highest BCUT2D eigenvalue weighted by Gasteiger charge is 2.23. The number of methoxy groups -OCH3 is 1.